The molecule has 1 aromatic heterocycles. The van der Waals surface area contributed by atoms with Crippen LogP contribution in [0.1, 0.15) is 55.2 Å². The Morgan fingerprint density at radius 1 is 0.884 bits per heavy atom. The summed E-state index contributed by atoms with van der Waals surface area (Å²) in [6, 6.07) is 8.33. The first-order valence-electron chi connectivity index (χ1n) is 13.2. The number of allylic oxidation sites excluding steroid dienone is 1. The molecule has 0 aliphatic carbocycles. The molecule has 228 valence electrons. The smallest absolute Gasteiger partial charge is 0.333 e. The van der Waals surface area contributed by atoms with E-state index in [1.54, 1.807) is 6.92 Å². The fourth-order valence-corrected chi connectivity index (χ4v) is 4.05. The predicted molar refractivity (Wildman–Crippen MR) is 152 cm³/mol. The number of pyridine rings is 1. The first-order chi connectivity index (χ1) is 20.5. The van der Waals surface area contributed by atoms with Crippen molar-refractivity contribution in [2.75, 3.05) is 21.3 Å². The highest BCUT2D eigenvalue weighted by Gasteiger charge is 2.26. The summed E-state index contributed by atoms with van der Waals surface area (Å²) < 4.78 is 55.4. The van der Waals surface area contributed by atoms with Gasteiger partial charge in [0.05, 0.1) is 21.3 Å². The number of rotatable bonds is 12. The van der Waals surface area contributed by atoms with Gasteiger partial charge in [-0.25, -0.2) is 18.6 Å². The van der Waals surface area contributed by atoms with Crippen LogP contribution < -0.4 is 24.3 Å². The van der Waals surface area contributed by atoms with Gasteiger partial charge in [-0.15, -0.1) is 0 Å². The van der Waals surface area contributed by atoms with Gasteiger partial charge >= 0.3 is 11.9 Å². The van der Waals surface area contributed by atoms with Crippen LogP contribution in [0.2, 0.25) is 0 Å². The predicted octanol–water partition coefficient (Wildman–Crippen LogP) is 5.23. The largest absolute Gasteiger partial charge is 0.494 e. The van der Waals surface area contributed by atoms with Crippen molar-refractivity contribution in [3.63, 3.8) is 0 Å². The minimum absolute atomic E-state index is 0.00563. The van der Waals surface area contributed by atoms with Crippen LogP contribution in [0.4, 0.5) is 8.78 Å². The Kier molecular flexibility index (Phi) is 11.2. The Hall–Kier alpha value is -5.00. The summed E-state index contributed by atoms with van der Waals surface area (Å²) in [7, 11) is 3.97. The second kappa shape index (κ2) is 14.8. The number of esters is 2. The molecule has 12 heteroatoms. The van der Waals surface area contributed by atoms with E-state index in [1.165, 1.54) is 71.7 Å². The van der Waals surface area contributed by atoms with E-state index in [9.17, 15) is 23.2 Å². The molecule has 2 aromatic carbocycles. The lowest BCUT2D eigenvalue weighted by Crippen LogP contribution is -2.40. The molecule has 1 atom stereocenters. The van der Waals surface area contributed by atoms with Gasteiger partial charge in [-0.2, -0.15) is 0 Å². The van der Waals surface area contributed by atoms with Gasteiger partial charge in [0.25, 0.3) is 5.91 Å². The van der Waals surface area contributed by atoms with E-state index >= 15 is 0 Å². The number of ether oxygens (including phenoxy) is 5. The Morgan fingerprint density at radius 2 is 1.44 bits per heavy atom. The number of methoxy groups -OCH3 is 3. The van der Waals surface area contributed by atoms with Gasteiger partial charge in [-0.3, -0.25) is 9.59 Å². The highest BCUT2D eigenvalue weighted by atomic mass is 19.1. The van der Waals surface area contributed by atoms with Gasteiger partial charge in [0, 0.05) is 24.3 Å². The number of nitrogens with zero attached hydrogens (tertiary/aromatic N) is 1. The Balaban J connectivity index is 1.93. The Morgan fingerprint density at radius 3 is 1.93 bits per heavy atom. The van der Waals surface area contributed by atoms with Crippen LogP contribution in [-0.2, 0) is 14.3 Å². The molecule has 0 unspecified atom stereocenters. The summed E-state index contributed by atoms with van der Waals surface area (Å²) in [6.07, 6.45) is 1.91. The lowest BCUT2D eigenvalue weighted by Gasteiger charge is -2.18. The monoisotopic (exact) mass is 598 g/mol. The topological polar surface area (TPSA) is 122 Å². The summed E-state index contributed by atoms with van der Waals surface area (Å²) in [4.78, 5) is 42.3. The van der Waals surface area contributed by atoms with Crippen LogP contribution in [0.5, 0.6) is 23.0 Å². The number of halogens is 2. The lowest BCUT2D eigenvalue weighted by atomic mass is 9.96. The average molecular weight is 599 g/mol. The maximum Gasteiger partial charge on any atom is 0.333 e. The Labute approximate surface area is 247 Å². The van der Waals surface area contributed by atoms with E-state index in [0.29, 0.717) is 6.42 Å². The molecule has 0 spiro atoms. The van der Waals surface area contributed by atoms with E-state index in [2.05, 4.69) is 10.3 Å². The molecule has 3 rings (SSSR count). The lowest BCUT2D eigenvalue weighted by molar-refractivity contribution is -0.141. The van der Waals surface area contributed by atoms with Crippen LogP contribution in [-0.4, -0.2) is 50.2 Å². The van der Waals surface area contributed by atoms with Crippen molar-refractivity contribution >= 4 is 23.4 Å². The highest BCUT2D eigenvalue weighted by Crippen LogP contribution is 2.33. The van der Waals surface area contributed by atoms with Crippen molar-refractivity contribution in [2.45, 2.75) is 39.7 Å². The molecule has 0 aliphatic heterocycles. The average Bonchev–Trinajstić information content (AvgIpc) is 2.97. The number of aromatic nitrogens is 1. The third kappa shape index (κ3) is 7.85. The van der Waals surface area contributed by atoms with E-state index in [4.69, 9.17) is 23.7 Å². The summed E-state index contributed by atoms with van der Waals surface area (Å²) in [6.45, 7) is 4.61. The van der Waals surface area contributed by atoms with Crippen LogP contribution in [0.15, 0.2) is 54.4 Å². The zero-order valence-corrected chi connectivity index (χ0v) is 24.6. The number of benzene rings is 2. The molecule has 1 N–H and O–H groups in total. The number of carbonyl (C=O) groups excluding carboxylic acids is 3. The third-order valence-electron chi connectivity index (χ3n) is 6.16. The van der Waals surface area contributed by atoms with Crippen molar-refractivity contribution in [1.82, 2.24) is 10.3 Å². The van der Waals surface area contributed by atoms with E-state index in [-0.39, 0.29) is 57.6 Å². The molecule has 0 saturated carbocycles. The first-order valence-corrected chi connectivity index (χ1v) is 13.2. The summed E-state index contributed by atoms with van der Waals surface area (Å²) in [5.74, 6) is -3.81. The van der Waals surface area contributed by atoms with E-state index < -0.39 is 35.5 Å². The highest BCUT2D eigenvalue weighted by molar-refractivity contribution is 5.99. The van der Waals surface area contributed by atoms with Crippen LogP contribution in [0.3, 0.4) is 0 Å². The normalized spacial score (nSPS) is 11.2. The van der Waals surface area contributed by atoms with Gasteiger partial charge in [-0.05, 0) is 55.7 Å². The van der Waals surface area contributed by atoms with Crippen LogP contribution in [0.25, 0.3) is 5.57 Å². The molecule has 1 heterocycles. The van der Waals surface area contributed by atoms with Gasteiger partial charge in [0.2, 0.25) is 5.75 Å². The number of hydrogen-bond donors (Lipinski definition) is 1. The number of amides is 1. The molecule has 43 heavy (non-hydrogen) atoms. The molecule has 0 radical (unpaired) electrons. The van der Waals surface area contributed by atoms with Gasteiger partial charge in [0.1, 0.15) is 11.8 Å². The molecule has 3 aromatic rings. The second-order valence-electron chi connectivity index (χ2n) is 9.16. The number of hydrogen-bond acceptors (Lipinski definition) is 9. The molecule has 0 saturated heterocycles. The molecule has 0 fully saturated rings. The first kappa shape index (κ1) is 32.5. The fraction of sp³-hybridized carbons (Fsp3) is 0.290. The maximum atomic E-state index is 14.6. The second-order valence-corrected chi connectivity index (χ2v) is 9.16. The summed E-state index contributed by atoms with van der Waals surface area (Å²) in [5.41, 5.74) is 0.460. The van der Waals surface area contributed by atoms with Crippen molar-refractivity contribution < 1.29 is 46.8 Å². The molecule has 1 amide bonds. The number of carbonyl (C=O) groups is 3. The van der Waals surface area contributed by atoms with Crippen LogP contribution >= 0.6 is 0 Å². The van der Waals surface area contributed by atoms with Gasteiger partial charge < -0.3 is 29.0 Å². The van der Waals surface area contributed by atoms with Gasteiger partial charge in [0.15, 0.2) is 34.6 Å². The summed E-state index contributed by atoms with van der Waals surface area (Å²) >= 11 is 0. The van der Waals surface area contributed by atoms with Crippen molar-refractivity contribution in [1.29, 1.82) is 0 Å². The molecular weight excluding hydrogens is 566 g/mol. The summed E-state index contributed by atoms with van der Waals surface area (Å²) in [5, 5.41) is 2.47. The zero-order valence-electron chi connectivity index (χ0n) is 24.6. The Bertz CT molecular complexity index is 1480. The van der Waals surface area contributed by atoms with Crippen LogP contribution in [0, 0.1) is 11.6 Å². The molecule has 0 aliphatic rings. The van der Waals surface area contributed by atoms with Crippen molar-refractivity contribution in [3.8, 4) is 23.0 Å². The minimum Gasteiger partial charge on any atom is -0.494 e. The van der Waals surface area contributed by atoms with Crippen molar-refractivity contribution in [2.24, 2.45) is 0 Å². The van der Waals surface area contributed by atoms with Crippen molar-refractivity contribution in [3.05, 3.63) is 82.9 Å². The third-order valence-corrected chi connectivity index (χ3v) is 6.16. The number of nitrogens with one attached hydrogen (secondary N) is 1. The molecular formula is C31H32F2N2O8. The SMILES string of the molecule is CCCC(=O)Oc1c(OC)ccnc1C(=O)N[C@@H](C)C(=O)OC(C)=C(c1ccc(OC)c(F)c1)c1ccc(OC)c(F)c1. The minimum atomic E-state index is -1.23. The fourth-order valence-electron chi connectivity index (χ4n) is 4.05. The molecule has 10 nitrogen and oxygen atoms in total. The standard InChI is InChI=1S/C31H32F2N2O8/c1-7-8-26(36)43-29-25(41-6)13-14-34-28(29)30(37)35-17(2)31(38)42-18(3)27(19-9-11-23(39-4)21(32)15-19)20-10-12-24(40-5)22(33)16-20/h9-17H,7-8H2,1-6H3,(H,35,37)/t17-/m0/s1. The zero-order chi connectivity index (χ0) is 31.7. The quantitative estimate of drug-likeness (QED) is 0.221. The molecule has 0 bridgehead atoms. The maximum absolute atomic E-state index is 14.6. The van der Waals surface area contributed by atoms with Gasteiger partial charge in [-0.1, -0.05) is 19.1 Å². The van der Waals surface area contributed by atoms with E-state index in [0.717, 1.165) is 12.1 Å². The van der Waals surface area contributed by atoms with E-state index in [1.807, 2.05) is 0 Å².